The van der Waals surface area contributed by atoms with Crippen molar-refractivity contribution in [2.75, 3.05) is 6.61 Å². The van der Waals surface area contributed by atoms with Gasteiger partial charge in [0, 0.05) is 11.6 Å². The Bertz CT molecular complexity index is 936. The van der Waals surface area contributed by atoms with Crippen LogP contribution in [-0.2, 0) is 9.53 Å². The van der Waals surface area contributed by atoms with E-state index in [2.05, 4.69) is 5.32 Å². The highest BCUT2D eigenvalue weighted by molar-refractivity contribution is 8.26. The number of nitrogens with one attached hydrogen (secondary N) is 1. The summed E-state index contributed by atoms with van der Waals surface area (Å²) in [6, 6.07) is 8.53. The minimum Gasteiger partial charge on any atom is -0.462 e. The van der Waals surface area contributed by atoms with Crippen LogP contribution in [0.1, 0.15) is 35.9 Å². The van der Waals surface area contributed by atoms with Crippen molar-refractivity contribution in [3.8, 4) is 11.3 Å². The van der Waals surface area contributed by atoms with Crippen molar-refractivity contribution in [1.82, 2.24) is 5.32 Å². The summed E-state index contributed by atoms with van der Waals surface area (Å²) in [5.74, 6) is 0.352. The van der Waals surface area contributed by atoms with Gasteiger partial charge in [-0.25, -0.2) is 4.79 Å². The van der Waals surface area contributed by atoms with E-state index in [0.717, 1.165) is 12.8 Å². The fourth-order valence-corrected chi connectivity index (χ4v) is 3.58. The van der Waals surface area contributed by atoms with Crippen molar-refractivity contribution in [1.29, 1.82) is 0 Å². The van der Waals surface area contributed by atoms with E-state index in [1.165, 1.54) is 11.8 Å². The van der Waals surface area contributed by atoms with Gasteiger partial charge in [-0.15, -0.1) is 0 Å². The summed E-state index contributed by atoms with van der Waals surface area (Å²) in [6.45, 7) is 2.38. The first kappa shape index (κ1) is 19.7. The zero-order valence-corrected chi connectivity index (χ0v) is 16.8. The molecule has 1 aliphatic rings. The first-order valence-electron chi connectivity index (χ1n) is 8.29. The number of hydrogen-bond donors (Lipinski definition) is 1. The van der Waals surface area contributed by atoms with E-state index in [1.807, 2.05) is 6.92 Å². The van der Waals surface area contributed by atoms with Gasteiger partial charge in [-0.3, -0.25) is 4.79 Å². The van der Waals surface area contributed by atoms with Gasteiger partial charge in [-0.05, 0) is 36.8 Å². The highest BCUT2D eigenvalue weighted by Crippen LogP contribution is 2.30. The van der Waals surface area contributed by atoms with Gasteiger partial charge in [-0.1, -0.05) is 48.9 Å². The Kier molecular flexibility index (Phi) is 6.36. The molecule has 0 unspecified atom stereocenters. The number of thiocarbonyl (C=S) groups is 1. The Morgan fingerprint density at radius 2 is 2.19 bits per heavy atom. The highest BCUT2D eigenvalue weighted by Gasteiger charge is 2.22. The predicted octanol–water partition coefficient (Wildman–Crippen LogP) is 5.05. The van der Waals surface area contributed by atoms with Crippen LogP contribution in [0.4, 0.5) is 0 Å². The third kappa shape index (κ3) is 4.80. The van der Waals surface area contributed by atoms with Gasteiger partial charge in [0.05, 0.1) is 22.1 Å². The van der Waals surface area contributed by atoms with Gasteiger partial charge in [0.1, 0.15) is 15.8 Å². The lowest BCUT2D eigenvalue weighted by Gasteiger charge is -2.07. The van der Waals surface area contributed by atoms with Crippen LogP contribution in [0.15, 0.2) is 39.7 Å². The maximum atomic E-state index is 12.2. The normalized spacial score (nSPS) is 15.3. The standard InChI is InChI=1S/C19H16ClNO4S2/c1-2-3-8-24-18(23)13-9-11(4-6-14(13)20)15-7-5-12(25-15)10-16-17(22)21-19(26)27-16/h4-7,9-10H,2-3,8H2,1H3,(H,21,22,26). The van der Waals surface area contributed by atoms with Crippen molar-refractivity contribution in [3.63, 3.8) is 0 Å². The molecule has 27 heavy (non-hydrogen) atoms. The molecular weight excluding hydrogens is 406 g/mol. The summed E-state index contributed by atoms with van der Waals surface area (Å²) in [7, 11) is 0. The summed E-state index contributed by atoms with van der Waals surface area (Å²) in [4.78, 5) is 24.4. The Labute approximate surface area is 171 Å². The van der Waals surface area contributed by atoms with E-state index in [0.29, 0.717) is 37.9 Å². The summed E-state index contributed by atoms with van der Waals surface area (Å²) >= 11 is 12.3. The quantitative estimate of drug-likeness (QED) is 0.305. The third-order valence-electron chi connectivity index (χ3n) is 3.74. The van der Waals surface area contributed by atoms with E-state index >= 15 is 0 Å². The van der Waals surface area contributed by atoms with Crippen LogP contribution in [0.3, 0.4) is 0 Å². The second-order valence-corrected chi connectivity index (χ2v) is 7.86. The second kappa shape index (κ2) is 8.73. The van der Waals surface area contributed by atoms with Crippen LogP contribution in [0, 0.1) is 0 Å². The molecule has 8 heteroatoms. The molecule has 5 nitrogen and oxygen atoms in total. The Balaban J connectivity index is 1.81. The van der Waals surface area contributed by atoms with Gasteiger partial charge in [0.25, 0.3) is 5.91 Å². The maximum Gasteiger partial charge on any atom is 0.339 e. The largest absolute Gasteiger partial charge is 0.462 e. The average molecular weight is 422 g/mol. The smallest absolute Gasteiger partial charge is 0.339 e. The molecule has 1 aromatic heterocycles. The molecule has 140 valence electrons. The molecule has 1 fully saturated rings. The summed E-state index contributed by atoms with van der Waals surface area (Å²) in [5, 5.41) is 2.87. The number of benzene rings is 1. The number of amides is 1. The van der Waals surface area contributed by atoms with Crippen LogP contribution in [-0.4, -0.2) is 22.8 Å². The van der Waals surface area contributed by atoms with Crippen LogP contribution in [0.2, 0.25) is 5.02 Å². The number of carbonyl (C=O) groups is 2. The molecule has 1 aliphatic heterocycles. The molecule has 2 heterocycles. The SMILES string of the molecule is CCCCOC(=O)c1cc(-c2ccc(C=C3SC(=S)NC3=O)o2)ccc1Cl. The lowest BCUT2D eigenvalue weighted by atomic mass is 10.1. The minimum absolute atomic E-state index is 0.244. The van der Waals surface area contributed by atoms with Crippen LogP contribution >= 0.6 is 35.6 Å². The zero-order valence-electron chi connectivity index (χ0n) is 14.4. The molecule has 1 amide bonds. The van der Waals surface area contributed by atoms with Gasteiger partial charge >= 0.3 is 5.97 Å². The topological polar surface area (TPSA) is 68.5 Å². The van der Waals surface area contributed by atoms with Gasteiger partial charge in [-0.2, -0.15) is 0 Å². The van der Waals surface area contributed by atoms with Crippen molar-refractivity contribution in [3.05, 3.63) is 51.6 Å². The lowest BCUT2D eigenvalue weighted by Crippen LogP contribution is -2.17. The molecule has 2 aromatic rings. The van der Waals surface area contributed by atoms with Crippen LogP contribution in [0.25, 0.3) is 17.4 Å². The molecule has 3 rings (SSSR count). The Morgan fingerprint density at radius 3 is 2.89 bits per heavy atom. The van der Waals surface area contributed by atoms with Crippen LogP contribution < -0.4 is 5.32 Å². The average Bonchev–Trinajstić information content (AvgIpc) is 3.22. The molecule has 0 radical (unpaired) electrons. The number of rotatable bonds is 6. The molecule has 0 aliphatic carbocycles. The molecular formula is C19H16ClNO4S2. The maximum absolute atomic E-state index is 12.2. The molecule has 0 spiro atoms. The molecule has 0 saturated carbocycles. The van der Waals surface area contributed by atoms with Crippen molar-refractivity contribution in [2.45, 2.75) is 19.8 Å². The number of halogens is 1. The third-order valence-corrected chi connectivity index (χ3v) is 5.24. The second-order valence-electron chi connectivity index (χ2n) is 5.74. The number of furan rings is 1. The first-order chi connectivity index (χ1) is 13.0. The molecule has 1 aromatic carbocycles. The van der Waals surface area contributed by atoms with E-state index < -0.39 is 5.97 Å². The van der Waals surface area contributed by atoms with E-state index in [1.54, 1.807) is 36.4 Å². The number of thioether (sulfide) groups is 1. The summed E-state index contributed by atoms with van der Waals surface area (Å²) in [6.07, 6.45) is 3.36. The fraction of sp³-hybridized carbons (Fsp3) is 0.211. The van der Waals surface area contributed by atoms with Crippen molar-refractivity contribution < 1.29 is 18.7 Å². The molecule has 0 bridgehead atoms. The predicted molar refractivity (Wildman–Crippen MR) is 111 cm³/mol. The van der Waals surface area contributed by atoms with E-state index in [4.69, 9.17) is 33.0 Å². The summed E-state index contributed by atoms with van der Waals surface area (Å²) < 4.78 is 11.4. The first-order valence-corrected chi connectivity index (χ1v) is 9.90. The molecule has 1 saturated heterocycles. The van der Waals surface area contributed by atoms with E-state index in [-0.39, 0.29) is 11.5 Å². The number of esters is 1. The minimum atomic E-state index is -0.461. The van der Waals surface area contributed by atoms with Crippen molar-refractivity contribution >= 4 is 57.9 Å². The molecule has 0 atom stereocenters. The number of ether oxygens (including phenoxy) is 1. The number of hydrogen-bond acceptors (Lipinski definition) is 6. The highest BCUT2D eigenvalue weighted by atomic mass is 35.5. The fourth-order valence-electron chi connectivity index (χ4n) is 2.36. The van der Waals surface area contributed by atoms with Crippen LogP contribution in [0.5, 0.6) is 0 Å². The van der Waals surface area contributed by atoms with E-state index in [9.17, 15) is 9.59 Å². The Morgan fingerprint density at radius 1 is 1.37 bits per heavy atom. The Hall–Kier alpha value is -2.09. The van der Waals surface area contributed by atoms with Gasteiger partial charge < -0.3 is 14.5 Å². The lowest BCUT2D eigenvalue weighted by molar-refractivity contribution is -0.115. The zero-order chi connectivity index (χ0) is 19.4. The molecule has 1 N–H and O–H groups in total. The van der Waals surface area contributed by atoms with Gasteiger partial charge in [0.2, 0.25) is 0 Å². The van der Waals surface area contributed by atoms with Gasteiger partial charge in [0.15, 0.2) is 0 Å². The summed E-state index contributed by atoms with van der Waals surface area (Å²) in [5.41, 5.74) is 0.975. The monoisotopic (exact) mass is 421 g/mol. The number of unbranched alkanes of at least 4 members (excludes halogenated alkanes) is 1. The number of carbonyl (C=O) groups excluding carboxylic acids is 2. The van der Waals surface area contributed by atoms with Crippen molar-refractivity contribution in [2.24, 2.45) is 0 Å².